The van der Waals surface area contributed by atoms with Gasteiger partial charge in [-0.2, -0.15) is 5.26 Å². The van der Waals surface area contributed by atoms with Gasteiger partial charge in [0.1, 0.15) is 17.5 Å². The smallest absolute Gasteiger partial charge is 0.172 e. The van der Waals surface area contributed by atoms with Crippen LogP contribution in [0.2, 0.25) is 0 Å². The van der Waals surface area contributed by atoms with E-state index in [0.717, 1.165) is 24.3 Å². The van der Waals surface area contributed by atoms with Crippen LogP contribution in [0, 0.1) is 17.1 Å². The number of rotatable bonds is 4. The van der Waals surface area contributed by atoms with Gasteiger partial charge in [-0.1, -0.05) is 24.3 Å². The summed E-state index contributed by atoms with van der Waals surface area (Å²) < 4.78 is 25.4. The molecule has 0 bridgehead atoms. The normalized spacial score (nSPS) is 13.7. The summed E-state index contributed by atoms with van der Waals surface area (Å²) in [6, 6.07) is 16.5. The molecule has 1 fully saturated rings. The average Bonchev–Trinajstić information content (AvgIpc) is 2.79. The highest BCUT2D eigenvalue weighted by Crippen LogP contribution is 2.35. The van der Waals surface area contributed by atoms with Crippen molar-refractivity contribution in [3.63, 3.8) is 0 Å². The quantitative estimate of drug-likeness (QED) is 0.711. The Hall–Kier alpha value is -3.63. The minimum atomic E-state index is -0.546. The van der Waals surface area contributed by atoms with Crippen LogP contribution in [0.3, 0.4) is 0 Å². The van der Waals surface area contributed by atoms with E-state index in [0.29, 0.717) is 24.5 Å². The Labute approximate surface area is 174 Å². The van der Waals surface area contributed by atoms with Gasteiger partial charge in [-0.3, -0.25) is 0 Å². The van der Waals surface area contributed by atoms with Crippen molar-refractivity contribution in [3.8, 4) is 34.2 Å². The van der Waals surface area contributed by atoms with Crippen molar-refractivity contribution in [1.29, 1.82) is 5.26 Å². The minimum Gasteiger partial charge on any atom is -0.494 e. The molecule has 2 heterocycles. The summed E-state index contributed by atoms with van der Waals surface area (Å²) in [5.74, 6) is -0.386. The zero-order valence-corrected chi connectivity index (χ0v) is 16.6. The number of hydrogen-bond acceptors (Lipinski definition) is 6. The van der Waals surface area contributed by atoms with Gasteiger partial charge in [-0.25, -0.2) is 9.37 Å². The van der Waals surface area contributed by atoms with Gasteiger partial charge in [-0.15, -0.1) is 0 Å². The molecule has 7 heteroatoms. The van der Waals surface area contributed by atoms with Crippen molar-refractivity contribution in [3.05, 3.63) is 59.9 Å². The molecule has 4 rings (SSSR count). The fourth-order valence-corrected chi connectivity index (χ4v) is 3.58. The molecule has 6 nitrogen and oxygen atoms in total. The van der Waals surface area contributed by atoms with Crippen LogP contribution in [0.25, 0.3) is 22.4 Å². The first-order valence-corrected chi connectivity index (χ1v) is 9.59. The SMILES string of the molecule is COc1cccc(-c2cc(-c3ccc(N4CCOCC4)cc3)nc(N)c2C#N)c1F. The minimum absolute atomic E-state index is 0.0597. The lowest BCUT2D eigenvalue weighted by molar-refractivity contribution is 0.122. The number of nitrogen functional groups attached to an aromatic ring is 1. The molecule has 0 saturated carbocycles. The number of nitrogens with zero attached hydrogens (tertiary/aromatic N) is 3. The number of methoxy groups -OCH3 is 1. The van der Waals surface area contributed by atoms with E-state index >= 15 is 0 Å². The number of aromatic nitrogens is 1. The number of nitriles is 1. The Morgan fingerprint density at radius 3 is 2.53 bits per heavy atom. The summed E-state index contributed by atoms with van der Waals surface area (Å²) in [4.78, 5) is 6.64. The van der Waals surface area contributed by atoms with E-state index in [9.17, 15) is 9.65 Å². The number of anilines is 2. The van der Waals surface area contributed by atoms with Crippen molar-refractivity contribution in [2.75, 3.05) is 44.0 Å². The molecule has 0 radical (unpaired) electrons. The van der Waals surface area contributed by atoms with Crippen LogP contribution in [0.1, 0.15) is 5.56 Å². The maximum atomic E-state index is 14.9. The van der Waals surface area contributed by atoms with E-state index in [1.165, 1.54) is 13.2 Å². The lowest BCUT2D eigenvalue weighted by Gasteiger charge is -2.28. The Bertz CT molecular complexity index is 1100. The van der Waals surface area contributed by atoms with Gasteiger partial charge < -0.3 is 20.1 Å². The van der Waals surface area contributed by atoms with E-state index in [1.54, 1.807) is 18.2 Å². The molecule has 152 valence electrons. The third-order valence-corrected chi connectivity index (χ3v) is 5.17. The van der Waals surface area contributed by atoms with Crippen molar-refractivity contribution >= 4 is 11.5 Å². The third-order valence-electron chi connectivity index (χ3n) is 5.17. The van der Waals surface area contributed by atoms with Gasteiger partial charge in [-0.05, 0) is 24.3 Å². The molecule has 1 aromatic heterocycles. The van der Waals surface area contributed by atoms with Crippen LogP contribution in [-0.4, -0.2) is 38.4 Å². The standard InChI is InChI=1S/C23H21FN4O2/c1-29-21-4-2-3-17(22(21)24)18-13-20(27-23(26)19(18)14-25)15-5-7-16(8-6-15)28-9-11-30-12-10-28/h2-8,13H,9-12H2,1H3,(H2,26,27). The Balaban J connectivity index is 1.76. The van der Waals surface area contributed by atoms with Crippen molar-refractivity contribution in [1.82, 2.24) is 4.98 Å². The summed E-state index contributed by atoms with van der Waals surface area (Å²) in [5.41, 5.74) is 9.32. The second-order valence-corrected chi connectivity index (χ2v) is 6.90. The molecular formula is C23H21FN4O2. The Morgan fingerprint density at radius 2 is 1.87 bits per heavy atom. The van der Waals surface area contributed by atoms with Crippen LogP contribution < -0.4 is 15.4 Å². The fraction of sp³-hybridized carbons (Fsp3) is 0.217. The van der Waals surface area contributed by atoms with Gasteiger partial charge in [0.05, 0.1) is 26.0 Å². The van der Waals surface area contributed by atoms with Gasteiger partial charge >= 0.3 is 0 Å². The zero-order chi connectivity index (χ0) is 21.1. The van der Waals surface area contributed by atoms with Gasteiger partial charge in [0, 0.05) is 35.5 Å². The zero-order valence-electron chi connectivity index (χ0n) is 16.6. The van der Waals surface area contributed by atoms with Crippen molar-refractivity contribution in [2.24, 2.45) is 0 Å². The molecule has 0 atom stereocenters. The second kappa shape index (κ2) is 8.39. The van der Waals surface area contributed by atoms with E-state index in [2.05, 4.69) is 9.88 Å². The molecule has 2 N–H and O–H groups in total. The predicted molar refractivity (Wildman–Crippen MR) is 114 cm³/mol. The molecule has 1 aliphatic rings. The van der Waals surface area contributed by atoms with Crippen LogP contribution >= 0.6 is 0 Å². The predicted octanol–water partition coefficient (Wildman–Crippen LogP) is 3.85. The molecule has 1 saturated heterocycles. The van der Waals surface area contributed by atoms with Gasteiger partial charge in [0.2, 0.25) is 0 Å². The highest BCUT2D eigenvalue weighted by Gasteiger charge is 2.19. The third kappa shape index (κ3) is 3.65. The largest absolute Gasteiger partial charge is 0.494 e. The fourth-order valence-electron chi connectivity index (χ4n) is 3.58. The topological polar surface area (TPSA) is 84.4 Å². The summed E-state index contributed by atoms with van der Waals surface area (Å²) >= 11 is 0. The molecular weight excluding hydrogens is 383 g/mol. The molecule has 0 spiro atoms. The first kappa shape index (κ1) is 19.7. The van der Waals surface area contributed by atoms with Crippen molar-refractivity contribution < 1.29 is 13.9 Å². The monoisotopic (exact) mass is 404 g/mol. The molecule has 0 unspecified atom stereocenters. The molecule has 0 amide bonds. The number of morpholine rings is 1. The van der Waals surface area contributed by atoms with E-state index in [4.69, 9.17) is 15.2 Å². The number of nitrogens with two attached hydrogens (primary N) is 1. The van der Waals surface area contributed by atoms with Crippen LogP contribution in [0.4, 0.5) is 15.9 Å². The Morgan fingerprint density at radius 1 is 1.13 bits per heavy atom. The maximum absolute atomic E-state index is 14.9. The number of pyridine rings is 1. The Kier molecular flexibility index (Phi) is 5.50. The summed E-state index contributed by atoms with van der Waals surface area (Å²) in [6.45, 7) is 3.12. The number of hydrogen-bond donors (Lipinski definition) is 1. The molecule has 0 aliphatic carbocycles. The van der Waals surface area contributed by atoms with E-state index in [-0.39, 0.29) is 22.7 Å². The van der Waals surface area contributed by atoms with E-state index in [1.807, 2.05) is 30.3 Å². The number of ether oxygens (including phenoxy) is 2. The maximum Gasteiger partial charge on any atom is 0.172 e. The van der Waals surface area contributed by atoms with Crippen molar-refractivity contribution in [2.45, 2.75) is 0 Å². The first-order chi connectivity index (χ1) is 14.6. The summed E-state index contributed by atoms with van der Waals surface area (Å²) in [6.07, 6.45) is 0. The lowest BCUT2D eigenvalue weighted by atomic mass is 9.97. The van der Waals surface area contributed by atoms with E-state index < -0.39 is 5.82 Å². The summed E-state index contributed by atoms with van der Waals surface area (Å²) in [5, 5.41) is 9.58. The van der Waals surface area contributed by atoms with Crippen LogP contribution in [0.15, 0.2) is 48.5 Å². The van der Waals surface area contributed by atoms with Crippen LogP contribution in [0.5, 0.6) is 5.75 Å². The number of halogens is 1. The highest BCUT2D eigenvalue weighted by atomic mass is 19.1. The molecule has 2 aromatic carbocycles. The van der Waals surface area contributed by atoms with Gasteiger partial charge in [0.25, 0.3) is 0 Å². The molecule has 1 aliphatic heterocycles. The molecule has 3 aromatic rings. The lowest BCUT2D eigenvalue weighted by Crippen LogP contribution is -2.36. The number of benzene rings is 2. The first-order valence-electron chi connectivity index (χ1n) is 9.59. The second-order valence-electron chi connectivity index (χ2n) is 6.90. The molecule has 30 heavy (non-hydrogen) atoms. The van der Waals surface area contributed by atoms with Crippen LogP contribution in [-0.2, 0) is 4.74 Å². The average molecular weight is 404 g/mol. The summed E-state index contributed by atoms with van der Waals surface area (Å²) in [7, 11) is 1.40. The highest BCUT2D eigenvalue weighted by molar-refractivity contribution is 5.81. The van der Waals surface area contributed by atoms with Gasteiger partial charge in [0.15, 0.2) is 11.6 Å².